The van der Waals surface area contributed by atoms with Crippen molar-refractivity contribution in [3.8, 4) is 0 Å². The SMILES string of the molecule is CC[C@H]1CN(c2nc3c(c(NCCc4c[nH]c5cc(C)ccc45)n2)COC3)CCO1. The summed E-state index contributed by atoms with van der Waals surface area (Å²) in [5.41, 5.74) is 5.88. The molecule has 2 aromatic heterocycles. The van der Waals surface area contributed by atoms with Gasteiger partial charge in [-0.2, -0.15) is 4.98 Å². The van der Waals surface area contributed by atoms with E-state index in [1.807, 2.05) is 0 Å². The fraction of sp³-hybridized carbons (Fsp3) is 0.478. The van der Waals surface area contributed by atoms with Crippen molar-refractivity contribution in [3.05, 3.63) is 46.8 Å². The molecule has 0 radical (unpaired) electrons. The average Bonchev–Trinajstić information content (AvgIpc) is 3.40. The number of aromatic nitrogens is 3. The second-order valence-electron chi connectivity index (χ2n) is 8.18. The summed E-state index contributed by atoms with van der Waals surface area (Å²) in [5.74, 6) is 1.69. The van der Waals surface area contributed by atoms with Crippen LogP contribution in [0.4, 0.5) is 11.8 Å². The maximum absolute atomic E-state index is 5.81. The van der Waals surface area contributed by atoms with Crippen molar-refractivity contribution in [2.45, 2.75) is 46.0 Å². The normalized spacial score (nSPS) is 18.7. The maximum Gasteiger partial charge on any atom is 0.227 e. The fourth-order valence-corrected chi connectivity index (χ4v) is 4.30. The lowest BCUT2D eigenvalue weighted by Gasteiger charge is -2.32. The number of nitrogens with one attached hydrogen (secondary N) is 2. The Kier molecular flexibility index (Phi) is 5.31. The van der Waals surface area contributed by atoms with E-state index in [4.69, 9.17) is 19.4 Å². The number of fused-ring (bicyclic) bond motifs is 2. The predicted molar refractivity (Wildman–Crippen MR) is 118 cm³/mol. The van der Waals surface area contributed by atoms with Crippen molar-refractivity contribution >= 4 is 22.7 Å². The molecule has 158 valence electrons. The molecule has 5 rings (SSSR count). The lowest BCUT2D eigenvalue weighted by molar-refractivity contribution is 0.0378. The number of morpholine rings is 1. The summed E-state index contributed by atoms with van der Waals surface area (Å²) < 4.78 is 11.5. The van der Waals surface area contributed by atoms with E-state index in [0.29, 0.717) is 13.2 Å². The summed E-state index contributed by atoms with van der Waals surface area (Å²) in [4.78, 5) is 15.3. The van der Waals surface area contributed by atoms with Gasteiger partial charge in [-0.05, 0) is 37.0 Å². The number of nitrogens with zero attached hydrogens (tertiary/aromatic N) is 3. The molecule has 0 spiro atoms. The average molecular weight is 408 g/mol. The Morgan fingerprint density at radius 1 is 1.27 bits per heavy atom. The topological polar surface area (TPSA) is 75.3 Å². The largest absolute Gasteiger partial charge is 0.375 e. The smallest absolute Gasteiger partial charge is 0.227 e. The predicted octanol–water partition coefficient (Wildman–Crippen LogP) is 3.57. The summed E-state index contributed by atoms with van der Waals surface area (Å²) >= 11 is 0. The number of ether oxygens (including phenoxy) is 2. The van der Waals surface area contributed by atoms with Gasteiger partial charge in [0, 0.05) is 42.3 Å². The van der Waals surface area contributed by atoms with Crippen molar-refractivity contribution in [1.82, 2.24) is 15.0 Å². The van der Waals surface area contributed by atoms with Gasteiger partial charge in [0.25, 0.3) is 0 Å². The lowest BCUT2D eigenvalue weighted by atomic mass is 10.1. The van der Waals surface area contributed by atoms with Crippen molar-refractivity contribution in [2.24, 2.45) is 0 Å². The van der Waals surface area contributed by atoms with Crippen LogP contribution in [0.5, 0.6) is 0 Å². The van der Waals surface area contributed by atoms with Crippen LogP contribution in [-0.4, -0.2) is 47.3 Å². The van der Waals surface area contributed by atoms with Gasteiger partial charge in [-0.15, -0.1) is 0 Å². The van der Waals surface area contributed by atoms with Crippen molar-refractivity contribution in [3.63, 3.8) is 0 Å². The zero-order chi connectivity index (χ0) is 20.5. The van der Waals surface area contributed by atoms with Gasteiger partial charge in [0.2, 0.25) is 5.95 Å². The van der Waals surface area contributed by atoms with Gasteiger partial charge in [-0.3, -0.25) is 0 Å². The maximum atomic E-state index is 5.81. The zero-order valence-corrected chi connectivity index (χ0v) is 17.7. The van der Waals surface area contributed by atoms with Crippen molar-refractivity contribution in [1.29, 1.82) is 0 Å². The monoisotopic (exact) mass is 407 g/mol. The van der Waals surface area contributed by atoms with E-state index in [-0.39, 0.29) is 6.10 Å². The molecule has 3 aromatic rings. The molecule has 0 unspecified atom stereocenters. The number of aryl methyl sites for hydroxylation is 1. The van der Waals surface area contributed by atoms with E-state index in [2.05, 4.69) is 53.4 Å². The molecule has 0 amide bonds. The van der Waals surface area contributed by atoms with Gasteiger partial charge in [0.1, 0.15) is 5.82 Å². The van der Waals surface area contributed by atoms with Gasteiger partial charge < -0.3 is 24.7 Å². The number of benzene rings is 1. The Balaban J connectivity index is 1.33. The van der Waals surface area contributed by atoms with Crippen molar-refractivity contribution in [2.75, 3.05) is 36.5 Å². The van der Waals surface area contributed by atoms with Crippen LogP contribution in [0, 0.1) is 6.92 Å². The number of hydrogen-bond acceptors (Lipinski definition) is 6. The highest BCUT2D eigenvalue weighted by Crippen LogP contribution is 2.28. The summed E-state index contributed by atoms with van der Waals surface area (Å²) in [6.45, 7) is 8.60. The number of hydrogen-bond donors (Lipinski definition) is 2. The summed E-state index contributed by atoms with van der Waals surface area (Å²) in [7, 11) is 0. The fourth-order valence-electron chi connectivity index (χ4n) is 4.30. The van der Waals surface area contributed by atoms with E-state index >= 15 is 0 Å². The lowest BCUT2D eigenvalue weighted by Crippen LogP contribution is -2.43. The Labute approximate surface area is 176 Å². The highest BCUT2D eigenvalue weighted by molar-refractivity contribution is 5.83. The number of aromatic amines is 1. The highest BCUT2D eigenvalue weighted by atomic mass is 16.5. The van der Waals surface area contributed by atoms with Crippen LogP contribution < -0.4 is 10.2 Å². The standard InChI is InChI=1S/C23H29N5O2/c1-3-17-12-28(8-9-30-17)23-26-21-14-29-13-19(21)22(27-23)24-7-6-16-11-25-20-10-15(2)4-5-18(16)20/h4-5,10-11,17,25H,3,6-9,12-14H2,1-2H3,(H,24,26,27)/t17-/m0/s1. The molecule has 2 aliphatic heterocycles. The summed E-state index contributed by atoms with van der Waals surface area (Å²) in [6, 6.07) is 6.56. The van der Waals surface area contributed by atoms with Crippen LogP contribution in [-0.2, 0) is 29.1 Å². The molecule has 1 atom stereocenters. The van der Waals surface area contributed by atoms with Gasteiger partial charge in [0.05, 0.1) is 31.6 Å². The Morgan fingerprint density at radius 2 is 2.20 bits per heavy atom. The van der Waals surface area contributed by atoms with E-state index < -0.39 is 0 Å². The third-order valence-corrected chi connectivity index (χ3v) is 6.05. The first-order chi connectivity index (χ1) is 14.7. The van der Waals surface area contributed by atoms with Crippen LogP contribution in [0.2, 0.25) is 0 Å². The minimum absolute atomic E-state index is 0.244. The highest BCUT2D eigenvalue weighted by Gasteiger charge is 2.25. The number of rotatable bonds is 6. The third kappa shape index (κ3) is 3.75. The molecule has 1 aromatic carbocycles. The first kappa shape index (κ1) is 19.3. The second kappa shape index (κ2) is 8.24. The van der Waals surface area contributed by atoms with Crippen LogP contribution in [0.15, 0.2) is 24.4 Å². The van der Waals surface area contributed by atoms with Crippen LogP contribution in [0.3, 0.4) is 0 Å². The molecule has 7 nitrogen and oxygen atoms in total. The molecular weight excluding hydrogens is 378 g/mol. The molecule has 0 bridgehead atoms. The number of anilines is 2. The van der Waals surface area contributed by atoms with Gasteiger partial charge in [-0.1, -0.05) is 19.1 Å². The molecule has 30 heavy (non-hydrogen) atoms. The van der Waals surface area contributed by atoms with E-state index in [1.54, 1.807) is 0 Å². The van der Waals surface area contributed by atoms with Gasteiger partial charge in [-0.25, -0.2) is 4.98 Å². The Morgan fingerprint density at radius 3 is 3.10 bits per heavy atom. The molecule has 1 saturated heterocycles. The minimum atomic E-state index is 0.244. The van der Waals surface area contributed by atoms with Gasteiger partial charge in [0.15, 0.2) is 0 Å². The number of H-pyrrole nitrogens is 1. The van der Waals surface area contributed by atoms with Crippen LogP contribution >= 0.6 is 0 Å². The van der Waals surface area contributed by atoms with E-state index in [1.165, 1.54) is 22.0 Å². The molecule has 1 fully saturated rings. The quantitative estimate of drug-likeness (QED) is 0.651. The molecule has 4 heterocycles. The molecule has 0 saturated carbocycles. The first-order valence-electron chi connectivity index (χ1n) is 10.9. The van der Waals surface area contributed by atoms with E-state index in [0.717, 1.165) is 62.1 Å². The second-order valence-corrected chi connectivity index (χ2v) is 8.18. The Bertz CT molecular complexity index is 1050. The Hall–Kier alpha value is -2.64. The minimum Gasteiger partial charge on any atom is -0.375 e. The summed E-state index contributed by atoms with van der Waals surface area (Å²) in [5, 5.41) is 4.85. The molecule has 7 heteroatoms. The first-order valence-corrected chi connectivity index (χ1v) is 10.9. The van der Waals surface area contributed by atoms with Crippen LogP contribution in [0.1, 0.15) is 35.7 Å². The zero-order valence-electron chi connectivity index (χ0n) is 17.7. The molecule has 0 aliphatic carbocycles. The third-order valence-electron chi connectivity index (χ3n) is 6.05. The molecule has 2 N–H and O–H groups in total. The summed E-state index contributed by atoms with van der Waals surface area (Å²) in [6.07, 6.45) is 4.28. The van der Waals surface area contributed by atoms with Crippen LogP contribution in [0.25, 0.3) is 10.9 Å². The molecule has 2 aliphatic rings. The van der Waals surface area contributed by atoms with Gasteiger partial charge >= 0.3 is 0 Å². The van der Waals surface area contributed by atoms with E-state index in [9.17, 15) is 0 Å². The van der Waals surface area contributed by atoms with Crippen molar-refractivity contribution < 1.29 is 9.47 Å². The molecular formula is C23H29N5O2.